The van der Waals surface area contributed by atoms with Crippen molar-refractivity contribution in [1.29, 1.82) is 0 Å². The number of hydrogen-bond donors (Lipinski definition) is 1. The molecule has 5 rings (SSSR count). The van der Waals surface area contributed by atoms with Crippen LogP contribution in [0.2, 0.25) is 0 Å². The van der Waals surface area contributed by atoms with E-state index in [4.69, 9.17) is 4.98 Å². The molecule has 1 aliphatic rings. The summed E-state index contributed by atoms with van der Waals surface area (Å²) in [5.41, 5.74) is 4.65. The summed E-state index contributed by atoms with van der Waals surface area (Å²) < 4.78 is 16.2. The van der Waals surface area contributed by atoms with Gasteiger partial charge >= 0.3 is 0 Å². The van der Waals surface area contributed by atoms with Crippen molar-refractivity contribution in [3.8, 4) is 5.69 Å². The predicted octanol–water partition coefficient (Wildman–Crippen LogP) is 4.53. The minimum Gasteiger partial charge on any atom is -0.378 e. The van der Waals surface area contributed by atoms with E-state index in [1.807, 2.05) is 21.0 Å². The molecule has 7 nitrogen and oxygen atoms in total. The van der Waals surface area contributed by atoms with E-state index in [0.717, 1.165) is 57.5 Å². The van der Waals surface area contributed by atoms with Gasteiger partial charge in [0.1, 0.15) is 5.82 Å². The molecule has 9 heteroatoms. The topological polar surface area (TPSA) is 66.3 Å². The maximum Gasteiger partial charge on any atom is 0.225 e. The van der Waals surface area contributed by atoms with E-state index in [2.05, 4.69) is 44.5 Å². The molecule has 1 fully saturated rings. The van der Waals surface area contributed by atoms with E-state index in [1.165, 1.54) is 12.1 Å². The average molecular weight is 493 g/mol. The Bertz CT molecular complexity index is 1330. The number of aromatic nitrogens is 3. The lowest BCUT2D eigenvalue weighted by atomic mass is 9.97. The van der Waals surface area contributed by atoms with Gasteiger partial charge in [-0.25, -0.2) is 9.07 Å². The van der Waals surface area contributed by atoms with Crippen LogP contribution in [0.25, 0.3) is 16.0 Å². The Labute approximate surface area is 208 Å². The number of rotatable bonds is 6. The first-order valence-corrected chi connectivity index (χ1v) is 12.6. The molecule has 0 saturated carbocycles. The molecule has 1 amide bonds. The zero-order valence-corrected chi connectivity index (χ0v) is 21.0. The molecule has 3 heterocycles. The maximum absolute atomic E-state index is 13.4. The van der Waals surface area contributed by atoms with Crippen LogP contribution in [0.4, 0.5) is 15.2 Å². The molecule has 35 heavy (non-hydrogen) atoms. The lowest BCUT2D eigenvalue weighted by molar-refractivity contribution is -0.125. The summed E-state index contributed by atoms with van der Waals surface area (Å²) in [6, 6.07) is 14.5. The van der Waals surface area contributed by atoms with E-state index in [-0.39, 0.29) is 17.6 Å². The normalized spacial score (nSPS) is 16.0. The summed E-state index contributed by atoms with van der Waals surface area (Å²) in [6.07, 6.45) is 1.81. The molecular weight excluding hydrogens is 463 g/mol. The molecular formula is C26H29FN6OS. The third kappa shape index (κ3) is 4.86. The van der Waals surface area contributed by atoms with Crippen LogP contribution >= 0.6 is 11.3 Å². The Hall–Kier alpha value is -3.46. The second-order valence-electron chi connectivity index (χ2n) is 9.19. The summed E-state index contributed by atoms with van der Waals surface area (Å²) in [5.74, 6) is -0.274. The number of carbonyl (C=O) groups is 1. The fourth-order valence-corrected chi connectivity index (χ4v) is 5.45. The van der Waals surface area contributed by atoms with Gasteiger partial charge in [-0.2, -0.15) is 10.1 Å². The highest BCUT2D eigenvalue weighted by Gasteiger charge is 2.28. The molecule has 1 N–H and O–H groups in total. The molecule has 1 atom stereocenters. The van der Waals surface area contributed by atoms with Crippen LogP contribution in [0.15, 0.2) is 48.5 Å². The number of nitrogens with one attached hydrogen (secondary N) is 1. The van der Waals surface area contributed by atoms with Crippen molar-refractivity contribution in [2.45, 2.75) is 26.3 Å². The number of halogens is 1. The van der Waals surface area contributed by atoms with Gasteiger partial charge in [-0.05, 0) is 61.7 Å². The first-order chi connectivity index (χ1) is 16.9. The van der Waals surface area contributed by atoms with E-state index in [1.54, 1.807) is 28.2 Å². The summed E-state index contributed by atoms with van der Waals surface area (Å²) in [4.78, 5) is 22.1. The summed E-state index contributed by atoms with van der Waals surface area (Å²) >= 11 is 1.60. The van der Waals surface area contributed by atoms with Crippen molar-refractivity contribution in [2.75, 3.05) is 37.0 Å². The number of aryl methyl sites for hydroxylation is 1. The minimum atomic E-state index is -0.281. The highest BCUT2D eigenvalue weighted by Crippen LogP contribution is 2.34. The van der Waals surface area contributed by atoms with Crippen LogP contribution in [0.1, 0.15) is 24.1 Å². The Morgan fingerprint density at radius 1 is 1.17 bits per heavy atom. The predicted molar refractivity (Wildman–Crippen MR) is 139 cm³/mol. The van der Waals surface area contributed by atoms with E-state index in [0.29, 0.717) is 13.1 Å². The largest absolute Gasteiger partial charge is 0.378 e. The van der Waals surface area contributed by atoms with Crippen molar-refractivity contribution in [3.63, 3.8) is 0 Å². The molecule has 2 aromatic carbocycles. The molecule has 1 aliphatic heterocycles. The van der Waals surface area contributed by atoms with Gasteiger partial charge < -0.3 is 15.1 Å². The first kappa shape index (κ1) is 23.3. The van der Waals surface area contributed by atoms with Gasteiger partial charge in [0.2, 0.25) is 5.91 Å². The highest BCUT2D eigenvalue weighted by atomic mass is 32.1. The van der Waals surface area contributed by atoms with Crippen LogP contribution in [-0.2, 0) is 11.3 Å². The molecule has 182 valence electrons. The molecule has 0 aliphatic carbocycles. The van der Waals surface area contributed by atoms with Crippen LogP contribution in [0.3, 0.4) is 0 Å². The van der Waals surface area contributed by atoms with Crippen molar-refractivity contribution in [1.82, 2.24) is 20.1 Å². The number of piperidine rings is 1. The standard InChI is InChI=1S/C26H29FN6OS/c1-17-23-24(33(30-17)22-12-8-20(27)9-13-22)29-26(35-23)32-14-4-5-19(16-32)25(34)28-15-18-6-10-21(11-7-18)31(2)3/h6-13,19H,4-5,14-16H2,1-3H3,(H,28,34)/t19-/m1/s1. The minimum absolute atomic E-state index is 0.0773. The van der Waals surface area contributed by atoms with E-state index < -0.39 is 0 Å². The molecule has 0 unspecified atom stereocenters. The molecule has 0 radical (unpaired) electrons. The van der Waals surface area contributed by atoms with Crippen molar-refractivity contribution in [3.05, 3.63) is 65.6 Å². The summed E-state index contributed by atoms with van der Waals surface area (Å²) in [5, 5.41) is 8.61. The van der Waals surface area contributed by atoms with Crippen molar-refractivity contribution in [2.24, 2.45) is 5.92 Å². The van der Waals surface area contributed by atoms with Crippen LogP contribution in [-0.4, -0.2) is 47.9 Å². The van der Waals surface area contributed by atoms with Crippen molar-refractivity contribution >= 4 is 38.4 Å². The molecule has 4 aromatic rings. The third-order valence-electron chi connectivity index (χ3n) is 6.43. The number of fused-ring (bicyclic) bond motifs is 1. The highest BCUT2D eigenvalue weighted by molar-refractivity contribution is 7.22. The fourth-order valence-electron chi connectivity index (χ4n) is 4.43. The Kier molecular flexibility index (Phi) is 6.42. The number of hydrogen-bond acceptors (Lipinski definition) is 6. The van der Waals surface area contributed by atoms with Gasteiger partial charge in [-0.1, -0.05) is 23.5 Å². The van der Waals surface area contributed by atoms with Gasteiger partial charge in [-0.3, -0.25) is 4.79 Å². The summed E-state index contributed by atoms with van der Waals surface area (Å²) in [7, 11) is 4.02. The zero-order chi connectivity index (χ0) is 24.5. The Balaban J connectivity index is 1.27. The number of benzene rings is 2. The number of nitrogens with zero attached hydrogens (tertiary/aromatic N) is 5. The first-order valence-electron chi connectivity index (χ1n) is 11.8. The van der Waals surface area contributed by atoms with Gasteiger partial charge in [-0.15, -0.1) is 0 Å². The smallest absolute Gasteiger partial charge is 0.225 e. The third-order valence-corrected chi connectivity index (χ3v) is 7.64. The molecule has 2 aromatic heterocycles. The SMILES string of the molecule is Cc1nn(-c2ccc(F)cc2)c2nc(N3CCC[C@@H](C(=O)NCc4ccc(N(C)C)cc4)C3)sc12. The van der Waals surface area contributed by atoms with Crippen molar-refractivity contribution < 1.29 is 9.18 Å². The zero-order valence-electron chi connectivity index (χ0n) is 20.2. The quantitative estimate of drug-likeness (QED) is 0.429. The van der Waals surface area contributed by atoms with Crippen LogP contribution < -0.4 is 15.1 Å². The summed E-state index contributed by atoms with van der Waals surface area (Å²) in [6.45, 7) is 4.00. The Morgan fingerprint density at radius 3 is 2.63 bits per heavy atom. The van der Waals surface area contributed by atoms with Crippen LogP contribution in [0.5, 0.6) is 0 Å². The number of anilines is 2. The van der Waals surface area contributed by atoms with Gasteiger partial charge in [0.15, 0.2) is 10.8 Å². The maximum atomic E-state index is 13.4. The molecule has 0 spiro atoms. The van der Waals surface area contributed by atoms with E-state index in [9.17, 15) is 9.18 Å². The number of carbonyl (C=O) groups excluding carboxylic acids is 1. The molecule has 1 saturated heterocycles. The van der Waals surface area contributed by atoms with E-state index >= 15 is 0 Å². The fraction of sp³-hybridized carbons (Fsp3) is 0.346. The molecule has 0 bridgehead atoms. The lowest BCUT2D eigenvalue weighted by Crippen LogP contribution is -2.43. The van der Waals surface area contributed by atoms with Crippen LogP contribution in [0, 0.1) is 18.7 Å². The number of thiazole rings is 1. The van der Waals surface area contributed by atoms with Gasteiger partial charge in [0.05, 0.1) is 22.0 Å². The second-order valence-corrected chi connectivity index (χ2v) is 10.2. The lowest BCUT2D eigenvalue weighted by Gasteiger charge is -2.31. The monoisotopic (exact) mass is 492 g/mol. The van der Waals surface area contributed by atoms with Gasteiger partial charge in [0.25, 0.3) is 0 Å². The number of amides is 1. The second kappa shape index (κ2) is 9.65. The van der Waals surface area contributed by atoms with Gasteiger partial charge in [0, 0.05) is 39.4 Å². The average Bonchev–Trinajstić information content (AvgIpc) is 3.44. The Morgan fingerprint density at radius 2 is 1.91 bits per heavy atom.